The van der Waals surface area contributed by atoms with Gasteiger partial charge >= 0.3 is 0 Å². The molecule has 0 fully saturated rings. The Morgan fingerprint density at radius 3 is 1.78 bits per heavy atom. The monoisotopic (exact) mass is 723 g/mol. The van der Waals surface area contributed by atoms with Crippen LogP contribution in [0.2, 0.25) is 23.2 Å². The minimum absolute atomic E-state index is 0.0603. The van der Waals surface area contributed by atoms with Crippen molar-refractivity contribution in [3.05, 3.63) is 85.0 Å². The number of methoxy groups -OCH3 is 1. The second-order valence-corrected chi connectivity index (χ2v) is 26.7. The Morgan fingerprint density at radius 2 is 1.34 bits per heavy atom. The van der Waals surface area contributed by atoms with Gasteiger partial charge in [0.25, 0.3) is 8.32 Å². The van der Waals surface area contributed by atoms with Crippen LogP contribution in [0, 0.1) is 23.7 Å². The van der Waals surface area contributed by atoms with Gasteiger partial charge in [-0.05, 0) is 83.1 Å². The van der Waals surface area contributed by atoms with Gasteiger partial charge in [-0.15, -0.1) is 6.58 Å². The number of hydrogen-bond donors (Lipinski definition) is 1. The lowest BCUT2D eigenvalue weighted by molar-refractivity contribution is -0.0230. The van der Waals surface area contributed by atoms with Gasteiger partial charge in [-0.2, -0.15) is 0 Å². The average molecular weight is 723 g/mol. The predicted octanol–water partition coefficient (Wildman–Crippen LogP) is 10.6. The Bertz CT molecular complexity index is 1260. The van der Waals surface area contributed by atoms with Gasteiger partial charge in [0, 0.05) is 19.6 Å². The van der Waals surface area contributed by atoms with E-state index in [-0.39, 0.29) is 40.0 Å². The van der Waals surface area contributed by atoms with Gasteiger partial charge in [0.05, 0.1) is 18.3 Å². The highest BCUT2D eigenvalue weighted by molar-refractivity contribution is 6.99. The summed E-state index contributed by atoms with van der Waals surface area (Å²) in [5.74, 6) is 0.898. The molecule has 0 aliphatic carbocycles. The van der Waals surface area contributed by atoms with Crippen LogP contribution < -0.4 is 10.4 Å². The van der Waals surface area contributed by atoms with Crippen molar-refractivity contribution >= 4 is 27.0 Å². The highest BCUT2D eigenvalue weighted by Crippen LogP contribution is 2.41. The molecule has 6 heteroatoms. The zero-order chi connectivity index (χ0) is 37.9. The van der Waals surface area contributed by atoms with Gasteiger partial charge in [-0.1, -0.05) is 148 Å². The van der Waals surface area contributed by atoms with Crippen LogP contribution in [0.3, 0.4) is 0 Å². The maximum absolute atomic E-state index is 11.4. The summed E-state index contributed by atoms with van der Waals surface area (Å²) >= 11 is 0. The smallest absolute Gasteiger partial charge is 0.261 e. The minimum Gasteiger partial charge on any atom is -0.413 e. The highest BCUT2D eigenvalue weighted by atomic mass is 28.4. The van der Waals surface area contributed by atoms with Gasteiger partial charge in [-0.3, -0.25) is 0 Å². The Hall–Kier alpha value is -1.81. The lowest BCUT2D eigenvalue weighted by Gasteiger charge is -2.45. The average Bonchev–Trinajstić information content (AvgIpc) is 3.06. The maximum atomic E-state index is 11.4. The number of aliphatic hydroxyl groups excluding tert-OH is 1. The molecule has 0 saturated carbocycles. The van der Waals surface area contributed by atoms with Crippen LogP contribution in [0.25, 0.3) is 0 Å². The first kappa shape index (κ1) is 44.4. The number of aliphatic hydroxyl groups is 1. The molecular weight excluding hydrogens is 649 g/mol. The molecule has 0 radical (unpaired) electrons. The normalized spacial score (nSPS) is 17.8. The van der Waals surface area contributed by atoms with Crippen LogP contribution in [-0.2, 0) is 13.6 Å². The summed E-state index contributed by atoms with van der Waals surface area (Å²) in [5.41, 5.74) is 1.03. The van der Waals surface area contributed by atoms with Gasteiger partial charge in [0.15, 0.2) is 8.32 Å². The molecular formula is C44H74O4Si2. The third-order valence-corrected chi connectivity index (χ3v) is 21.1. The van der Waals surface area contributed by atoms with E-state index in [0.29, 0.717) is 12.5 Å². The van der Waals surface area contributed by atoms with E-state index in [0.717, 1.165) is 31.3 Å². The predicted molar refractivity (Wildman–Crippen MR) is 222 cm³/mol. The molecule has 282 valence electrons. The molecule has 2 rings (SSSR count). The van der Waals surface area contributed by atoms with E-state index in [1.165, 1.54) is 10.4 Å². The molecule has 0 aliphatic rings. The van der Waals surface area contributed by atoms with Gasteiger partial charge < -0.3 is 18.7 Å². The van der Waals surface area contributed by atoms with E-state index in [1.807, 2.05) is 13.2 Å². The molecule has 0 amide bonds. The zero-order valence-electron chi connectivity index (χ0n) is 34.4. The number of benzene rings is 2. The summed E-state index contributed by atoms with van der Waals surface area (Å²) in [6.07, 6.45) is 7.65. The van der Waals surface area contributed by atoms with Gasteiger partial charge in [0.1, 0.15) is 0 Å². The van der Waals surface area contributed by atoms with Crippen LogP contribution in [0.1, 0.15) is 102 Å². The second-order valence-electron chi connectivity index (χ2n) is 17.6. The summed E-state index contributed by atoms with van der Waals surface area (Å²) in [6.45, 7) is 34.1. The quantitative estimate of drug-likeness (QED) is 0.109. The fraction of sp³-hybridized carbons (Fsp3) is 0.636. The van der Waals surface area contributed by atoms with E-state index in [2.05, 4.69) is 163 Å². The number of rotatable bonds is 20. The van der Waals surface area contributed by atoms with E-state index in [9.17, 15) is 5.11 Å². The minimum atomic E-state index is -2.66. The van der Waals surface area contributed by atoms with Gasteiger partial charge in [0.2, 0.25) is 0 Å². The summed E-state index contributed by atoms with van der Waals surface area (Å²) < 4.78 is 20.9. The fourth-order valence-electron chi connectivity index (χ4n) is 7.20. The standard InChI is InChI=1S/C44H74O4Si2/c1-16-33(2)24-23-25-34(3)41(45)35(4)32-36(5)42(48-49(14,15)43(7,8)9)37(6)40(46-13)30-31-47-50(44(10,11)12,38-26-19-17-20-27-38)39-28-21-18-22-29-39/h16-22,26-29,32-34,36-37,40-42,45H,1,23-25,30-31H2,2-15H3/b35-32+/t33-,34-,36+,37+,40+,41-,42-/m0/s1. The van der Waals surface area contributed by atoms with E-state index in [4.69, 9.17) is 13.6 Å². The van der Waals surface area contributed by atoms with Crippen LogP contribution in [0.5, 0.6) is 0 Å². The van der Waals surface area contributed by atoms with Crippen molar-refractivity contribution in [3.8, 4) is 0 Å². The van der Waals surface area contributed by atoms with Crippen molar-refractivity contribution < 1.29 is 18.7 Å². The molecule has 50 heavy (non-hydrogen) atoms. The molecule has 0 aromatic heterocycles. The summed E-state index contributed by atoms with van der Waals surface area (Å²) in [5, 5.41) is 13.9. The van der Waals surface area contributed by atoms with Crippen molar-refractivity contribution in [3.63, 3.8) is 0 Å². The van der Waals surface area contributed by atoms with Gasteiger partial charge in [-0.25, -0.2) is 0 Å². The summed E-state index contributed by atoms with van der Waals surface area (Å²) in [6, 6.07) is 21.7. The molecule has 0 heterocycles. The van der Waals surface area contributed by atoms with Crippen LogP contribution >= 0.6 is 0 Å². The largest absolute Gasteiger partial charge is 0.413 e. The number of allylic oxidation sites excluding steroid dienone is 1. The second kappa shape index (κ2) is 19.3. The van der Waals surface area contributed by atoms with Crippen molar-refractivity contribution in [1.82, 2.24) is 0 Å². The molecule has 0 saturated heterocycles. The molecule has 7 atom stereocenters. The Kier molecular flexibility index (Phi) is 17.1. The number of ether oxygens (including phenoxy) is 1. The highest BCUT2D eigenvalue weighted by Gasteiger charge is 2.50. The topological polar surface area (TPSA) is 47.9 Å². The van der Waals surface area contributed by atoms with Crippen molar-refractivity contribution in [2.24, 2.45) is 23.7 Å². The van der Waals surface area contributed by atoms with Crippen molar-refractivity contribution in [2.75, 3.05) is 13.7 Å². The molecule has 0 spiro atoms. The molecule has 0 bridgehead atoms. The molecule has 1 N–H and O–H groups in total. The fourth-order valence-corrected chi connectivity index (χ4v) is 13.2. The van der Waals surface area contributed by atoms with E-state index < -0.39 is 22.7 Å². The Balaban J connectivity index is 2.40. The molecule has 4 nitrogen and oxygen atoms in total. The lowest BCUT2D eigenvalue weighted by atomic mass is 9.85. The molecule has 0 unspecified atom stereocenters. The molecule has 2 aromatic carbocycles. The van der Waals surface area contributed by atoms with Crippen molar-refractivity contribution in [1.29, 1.82) is 0 Å². The first-order valence-electron chi connectivity index (χ1n) is 19.2. The van der Waals surface area contributed by atoms with Crippen molar-refractivity contribution in [2.45, 2.75) is 143 Å². The SMILES string of the molecule is C=C[C@H](C)CCC[C@H](C)[C@H](O)/C(C)=C/[C@@H](C)[C@H](O[Si](C)(C)C(C)(C)C)[C@H](C)[C@@H](CCO[Si](c1ccccc1)(c1ccccc1)C(C)(C)C)OC. The molecule has 2 aromatic rings. The number of hydrogen-bond acceptors (Lipinski definition) is 4. The maximum Gasteiger partial charge on any atom is 0.261 e. The summed E-state index contributed by atoms with van der Waals surface area (Å²) in [4.78, 5) is 0. The zero-order valence-corrected chi connectivity index (χ0v) is 36.4. The molecule has 0 aliphatic heterocycles. The Labute approximate surface area is 310 Å². The lowest BCUT2D eigenvalue weighted by Crippen LogP contribution is -2.66. The third-order valence-electron chi connectivity index (χ3n) is 11.6. The first-order chi connectivity index (χ1) is 23.2. The van der Waals surface area contributed by atoms with E-state index >= 15 is 0 Å². The van der Waals surface area contributed by atoms with Crippen LogP contribution in [-0.4, -0.2) is 53.8 Å². The first-order valence-corrected chi connectivity index (χ1v) is 24.0. The summed E-state index contributed by atoms with van der Waals surface area (Å²) in [7, 11) is -2.97. The van der Waals surface area contributed by atoms with Crippen LogP contribution in [0.15, 0.2) is 85.0 Å². The van der Waals surface area contributed by atoms with E-state index in [1.54, 1.807) is 0 Å². The Morgan fingerprint density at radius 1 is 0.820 bits per heavy atom. The third kappa shape index (κ3) is 11.6. The van der Waals surface area contributed by atoms with Crippen LogP contribution in [0.4, 0.5) is 0 Å².